The van der Waals surface area contributed by atoms with E-state index in [2.05, 4.69) is 26.1 Å². The molecule has 4 heteroatoms. The first-order valence-electron chi connectivity index (χ1n) is 7.79. The zero-order valence-electron chi connectivity index (χ0n) is 13.3. The van der Waals surface area contributed by atoms with Crippen molar-refractivity contribution in [1.29, 1.82) is 0 Å². The number of nitrogens with zero attached hydrogens (tertiary/aromatic N) is 1. The first-order valence-corrected chi connectivity index (χ1v) is 8.77. The van der Waals surface area contributed by atoms with Gasteiger partial charge in [0.2, 0.25) is 0 Å². The maximum atomic E-state index is 12.6. The van der Waals surface area contributed by atoms with E-state index in [0.717, 1.165) is 49.5 Å². The third kappa shape index (κ3) is 4.67. The largest absolute Gasteiger partial charge is 0.385 e. The number of nitrogens with one attached hydrogen (secondary N) is 1. The van der Waals surface area contributed by atoms with Gasteiger partial charge in [-0.05, 0) is 37.1 Å². The van der Waals surface area contributed by atoms with Crippen LogP contribution < -0.4 is 5.32 Å². The van der Waals surface area contributed by atoms with E-state index < -0.39 is 0 Å². The topological polar surface area (TPSA) is 32.3 Å². The lowest BCUT2D eigenvalue weighted by Gasteiger charge is -2.22. The molecule has 0 atom stereocenters. The van der Waals surface area contributed by atoms with Crippen LogP contribution in [0.4, 0.5) is 5.69 Å². The number of carbonyl (C=O) groups excluding carboxylic acids is 1. The Hall–Kier alpha value is -1.16. The first kappa shape index (κ1) is 16.2. The highest BCUT2D eigenvalue weighted by Gasteiger charge is 2.26. The summed E-state index contributed by atoms with van der Waals surface area (Å²) in [4.78, 5) is 14.6. The van der Waals surface area contributed by atoms with Gasteiger partial charge in [-0.15, -0.1) is 0 Å². The highest BCUT2D eigenvalue weighted by atomic mass is 32.2. The third-order valence-electron chi connectivity index (χ3n) is 3.84. The molecular formula is C17H26N2OS. The van der Waals surface area contributed by atoms with Gasteiger partial charge in [-0.3, -0.25) is 4.79 Å². The lowest BCUT2D eigenvalue weighted by Crippen LogP contribution is -2.33. The summed E-state index contributed by atoms with van der Waals surface area (Å²) in [6, 6.07) is 7.87. The smallest absolute Gasteiger partial charge is 0.253 e. The molecule has 0 unspecified atom stereocenters. The Morgan fingerprint density at radius 2 is 2.00 bits per heavy atom. The molecule has 1 aliphatic heterocycles. The van der Waals surface area contributed by atoms with Crippen molar-refractivity contribution in [2.45, 2.75) is 38.4 Å². The second-order valence-electron chi connectivity index (χ2n) is 6.15. The minimum absolute atomic E-state index is 0.162. The van der Waals surface area contributed by atoms with Crippen LogP contribution in [0.3, 0.4) is 0 Å². The van der Waals surface area contributed by atoms with Crippen molar-refractivity contribution in [3.05, 3.63) is 29.8 Å². The summed E-state index contributed by atoms with van der Waals surface area (Å²) in [5.74, 6) is 1.19. The van der Waals surface area contributed by atoms with Gasteiger partial charge in [-0.2, -0.15) is 11.8 Å². The van der Waals surface area contributed by atoms with Gasteiger partial charge in [0, 0.05) is 41.4 Å². The Balaban J connectivity index is 1.99. The SMILES string of the molecule is CCCNc1ccc(C(=O)N2CCSC(C)(C)CC2)cc1. The summed E-state index contributed by atoms with van der Waals surface area (Å²) in [5, 5.41) is 3.33. The van der Waals surface area contributed by atoms with Crippen LogP contribution in [-0.2, 0) is 0 Å². The van der Waals surface area contributed by atoms with Crippen LogP contribution in [0, 0.1) is 0 Å². The predicted octanol–water partition coefficient (Wildman–Crippen LogP) is 3.87. The Bertz CT molecular complexity index is 470. The van der Waals surface area contributed by atoms with Crippen molar-refractivity contribution in [2.75, 3.05) is 30.7 Å². The standard InChI is InChI=1S/C17H26N2OS/c1-4-10-18-15-7-5-14(6-8-15)16(20)19-11-9-17(2,3)21-13-12-19/h5-8,18H,4,9-13H2,1-3H3. The molecule has 1 aromatic carbocycles. The van der Waals surface area contributed by atoms with Crippen LogP contribution in [0.2, 0.25) is 0 Å². The number of rotatable bonds is 4. The highest BCUT2D eigenvalue weighted by Crippen LogP contribution is 2.31. The van der Waals surface area contributed by atoms with Crippen molar-refractivity contribution in [3.8, 4) is 0 Å². The molecule has 0 radical (unpaired) electrons. The van der Waals surface area contributed by atoms with E-state index in [1.165, 1.54) is 0 Å². The van der Waals surface area contributed by atoms with Crippen molar-refractivity contribution in [2.24, 2.45) is 0 Å². The number of hydrogen-bond acceptors (Lipinski definition) is 3. The van der Waals surface area contributed by atoms with Gasteiger partial charge in [0.05, 0.1) is 0 Å². The van der Waals surface area contributed by atoms with Crippen LogP contribution in [-0.4, -0.2) is 40.9 Å². The van der Waals surface area contributed by atoms with Crippen molar-refractivity contribution in [1.82, 2.24) is 4.90 Å². The average molecular weight is 306 g/mol. The lowest BCUT2D eigenvalue weighted by atomic mass is 10.1. The van der Waals surface area contributed by atoms with E-state index in [1.54, 1.807) is 0 Å². The Morgan fingerprint density at radius 3 is 2.67 bits per heavy atom. The molecule has 0 aliphatic carbocycles. The summed E-state index contributed by atoms with van der Waals surface area (Å²) in [6.45, 7) is 9.34. The fraction of sp³-hybridized carbons (Fsp3) is 0.588. The van der Waals surface area contributed by atoms with Gasteiger partial charge in [0.25, 0.3) is 5.91 Å². The Morgan fingerprint density at radius 1 is 1.29 bits per heavy atom. The summed E-state index contributed by atoms with van der Waals surface area (Å²) >= 11 is 1.97. The number of benzene rings is 1. The normalized spacial score (nSPS) is 18.1. The quantitative estimate of drug-likeness (QED) is 0.916. The Kier molecular flexibility index (Phi) is 5.57. The molecule has 2 rings (SSSR count). The summed E-state index contributed by atoms with van der Waals surface area (Å²) in [7, 11) is 0. The third-order valence-corrected chi connectivity index (χ3v) is 5.21. The second kappa shape index (κ2) is 7.21. The molecule has 1 fully saturated rings. The molecule has 3 nitrogen and oxygen atoms in total. The number of anilines is 1. The maximum absolute atomic E-state index is 12.6. The maximum Gasteiger partial charge on any atom is 0.253 e. The fourth-order valence-electron chi connectivity index (χ4n) is 2.41. The first-order chi connectivity index (χ1) is 10.0. The van der Waals surface area contributed by atoms with Gasteiger partial charge in [-0.25, -0.2) is 0 Å². The van der Waals surface area contributed by atoms with E-state index in [1.807, 2.05) is 40.9 Å². The molecule has 1 amide bonds. The van der Waals surface area contributed by atoms with E-state index in [0.29, 0.717) is 0 Å². The lowest BCUT2D eigenvalue weighted by molar-refractivity contribution is 0.0764. The molecule has 1 saturated heterocycles. The van der Waals surface area contributed by atoms with Gasteiger partial charge < -0.3 is 10.2 Å². The Labute approximate surface area is 132 Å². The van der Waals surface area contributed by atoms with Crippen molar-refractivity contribution in [3.63, 3.8) is 0 Å². The van der Waals surface area contributed by atoms with Crippen LogP contribution in [0.5, 0.6) is 0 Å². The minimum Gasteiger partial charge on any atom is -0.385 e. The summed E-state index contributed by atoms with van der Waals surface area (Å²) in [5.41, 5.74) is 1.88. The number of hydrogen-bond donors (Lipinski definition) is 1. The highest BCUT2D eigenvalue weighted by molar-refractivity contribution is 8.00. The minimum atomic E-state index is 0.162. The monoisotopic (exact) mass is 306 g/mol. The molecule has 0 aromatic heterocycles. The number of thioether (sulfide) groups is 1. The van der Waals surface area contributed by atoms with E-state index >= 15 is 0 Å². The number of amides is 1. The molecule has 1 aliphatic rings. The van der Waals surface area contributed by atoms with Crippen LogP contribution in [0.15, 0.2) is 24.3 Å². The van der Waals surface area contributed by atoms with Crippen molar-refractivity contribution < 1.29 is 4.79 Å². The second-order valence-corrected chi connectivity index (χ2v) is 7.96. The van der Waals surface area contributed by atoms with Crippen LogP contribution in [0.1, 0.15) is 44.0 Å². The van der Waals surface area contributed by atoms with Crippen LogP contribution in [0.25, 0.3) is 0 Å². The molecule has 1 N–H and O–H groups in total. The van der Waals surface area contributed by atoms with Gasteiger partial charge >= 0.3 is 0 Å². The van der Waals surface area contributed by atoms with E-state index in [4.69, 9.17) is 0 Å². The predicted molar refractivity (Wildman–Crippen MR) is 92.3 cm³/mol. The zero-order chi connectivity index (χ0) is 15.3. The summed E-state index contributed by atoms with van der Waals surface area (Å²) < 4.78 is 0.281. The molecule has 1 aromatic rings. The van der Waals surface area contributed by atoms with Gasteiger partial charge in [0.1, 0.15) is 0 Å². The molecule has 0 bridgehead atoms. The summed E-state index contributed by atoms with van der Waals surface area (Å²) in [6.07, 6.45) is 2.15. The molecule has 0 saturated carbocycles. The fourth-order valence-corrected chi connectivity index (χ4v) is 3.51. The molecule has 116 valence electrons. The molecule has 1 heterocycles. The van der Waals surface area contributed by atoms with Gasteiger partial charge in [0.15, 0.2) is 0 Å². The molecule has 21 heavy (non-hydrogen) atoms. The van der Waals surface area contributed by atoms with Gasteiger partial charge in [-0.1, -0.05) is 20.8 Å². The zero-order valence-corrected chi connectivity index (χ0v) is 14.1. The molecular weight excluding hydrogens is 280 g/mol. The number of carbonyl (C=O) groups is 1. The van der Waals surface area contributed by atoms with Crippen molar-refractivity contribution >= 4 is 23.4 Å². The van der Waals surface area contributed by atoms with E-state index in [9.17, 15) is 4.79 Å². The molecule has 0 spiro atoms. The van der Waals surface area contributed by atoms with E-state index in [-0.39, 0.29) is 10.7 Å². The average Bonchev–Trinajstić information content (AvgIpc) is 2.66. The van der Waals surface area contributed by atoms with Crippen LogP contribution >= 0.6 is 11.8 Å².